The number of benzene rings is 2. The summed E-state index contributed by atoms with van der Waals surface area (Å²) in [7, 11) is 0. The molecule has 0 radical (unpaired) electrons. The van der Waals surface area contributed by atoms with Gasteiger partial charge in [-0.2, -0.15) is 0 Å². The van der Waals surface area contributed by atoms with Crippen molar-refractivity contribution >= 4 is 50.9 Å². The Morgan fingerprint density at radius 1 is 1.21 bits per heavy atom. The molecule has 122 valence electrons. The van der Waals surface area contributed by atoms with E-state index in [9.17, 15) is 9.59 Å². The number of anilines is 2. The van der Waals surface area contributed by atoms with Crippen molar-refractivity contribution in [3.05, 3.63) is 58.1 Å². The number of hydrogen-bond acceptors (Lipinski definition) is 3. The molecule has 6 heteroatoms. The fraction of sp³-hybridized carbons (Fsp3) is 0.222. The monoisotopic (exact) mass is 402 g/mol. The maximum absolute atomic E-state index is 12.9. The van der Waals surface area contributed by atoms with Gasteiger partial charge in [-0.05, 0) is 37.6 Å². The van der Waals surface area contributed by atoms with Gasteiger partial charge in [0.15, 0.2) is 0 Å². The van der Waals surface area contributed by atoms with Crippen molar-refractivity contribution in [3.8, 4) is 0 Å². The molecule has 0 aromatic heterocycles. The largest absolute Gasteiger partial charge is 0.323 e. The minimum atomic E-state index is -1.04. The van der Waals surface area contributed by atoms with Crippen LogP contribution in [0.15, 0.2) is 46.9 Å². The number of aryl methyl sites for hydroxylation is 1. The Bertz CT molecular complexity index is 885. The highest BCUT2D eigenvalue weighted by Gasteiger charge is 2.60. The summed E-state index contributed by atoms with van der Waals surface area (Å²) in [5, 5.41) is 2.64. The number of para-hydroxylation sites is 1. The first-order valence-electron chi connectivity index (χ1n) is 7.64. The molecule has 0 saturated carbocycles. The maximum atomic E-state index is 12.9. The van der Waals surface area contributed by atoms with Gasteiger partial charge in [-0.3, -0.25) is 14.5 Å². The van der Waals surface area contributed by atoms with Gasteiger partial charge in [0, 0.05) is 21.4 Å². The van der Waals surface area contributed by atoms with Gasteiger partial charge in [-0.25, -0.2) is 0 Å². The first kappa shape index (κ1) is 15.7. The number of carbonyl (C=O) groups excluding carboxylic acids is 2. The van der Waals surface area contributed by atoms with Crippen LogP contribution in [0.4, 0.5) is 11.4 Å². The molecule has 2 amide bonds. The van der Waals surface area contributed by atoms with Crippen LogP contribution in [0.25, 0.3) is 0 Å². The molecule has 4 rings (SSSR count). The lowest BCUT2D eigenvalue weighted by Gasteiger charge is -2.32. The van der Waals surface area contributed by atoms with Crippen molar-refractivity contribution in [1.82, 2.24) is 0 Å². The third kappa shape index (κ3) is 1.99. The van der Waals surface area contributed by atoms with E-state index in [0.29, 0.717) is 0 Å². The Morgan fingerprint density at radius 2 is 1.96 bits per heavy atom. The number of thioether (sulfide) groups is 1. The summed E-state index contributed by atoms with van der Waals surface area (Å²) >= 11 is 4.92. The number of halogens is 1. The third-order valence-corrected chi connectivity index (χ3v) is 6.83. The van der Waals surface area contributed by atoms with Gasteiger partial charge < -0.3 is 5.32 Å². The number of rotatable bonds is 1. The number of hydrogen-bond donors (Lipinski definition) is 1. The SMILES string of the molecule is Cc1ccc(N2C(=O)[C@H](C)S[C@]23C(=O)Nc2ccccc23)cc1Br. The lowest BCUT2D eigenvalue weighted by atomic mass is 10.0. The summed E-state index contributed by atoms with van der Waals surface area (Å²) in [6, 6.07) is 13.3. The number of nitrogens with zero attached hydrogens (tertiary/aromatic N) is 1. The topological polar surface area (TPSA) is 49.4 Å². The highest BCUT2D eigenvalue weighted by Crippen LogP contribution is 2.56. The smallest absolute Gasteiger partial charge is 0.266 e. The summed E-state index contributed by atoms with van der Waals surface area (Å²) in [5.74, 6) is -0.217. The first-order valence-corrected chi connectivity index (χ1v) is 9.31. The quantitative estimate of drug-likeness (QED) is 0.782. The van der Waals surface area contributed by atoms with Crippen molar-refractivity contribution in [2.75, 3.05) is 10.2 Å². The zero-order valence-electron chi connectivity index (χ0n) is 13.2. The summed E-state index contributed by atoms with van der Waals surface area (Å²) in [6.45, 7) is 3.84. The van der Waals surface area contributed by atoms with Crippen molar-refractivity contribution in [2.24, 2.45) is 0 Å². The van der Waals surface area contributed by atoms with Crippen LogP contribution in [-0.2, 0) is 14.5 Å². The normalized spacial score (nSPS) is 25.3. The average Bonchev–Trinajstić information content (AvgIpc) is 2.98. The Labute approximate surface area is 152 Å². The molecule has 24 heavy (non-hydrogen) atoms. The fourth-order valence-electron chi connectivity index (χ4n) is 3.28. The Morgan fingerprint density at radius 3 is 2.71 bits per heavy atom. The molecule has 2 aliphatic rings. The molecular formula is C18H15BrN2O2S. The van der Waals surface area contributed by atoms with E-state index in [-0.39, 0.29) is 17.1 Å². The van der Waals surface area contributed by atoms with Gasteiger partial charge >= 0.3 is 0 Å². The average molecular weight is 403 g/mol. The third-order valence-electron chi connectivity index (χ3n) is 4.49. The van der Waals surface area contributed by atoms with E-state index in [1.54, 1.807) is 4.90 Å². The highest BCUT2D eigenvalue weighted by molar-refractivity contribution is 9.10. The van der Waals surface area contributed by atoms with Crippen LogP contribution in [0.2, 0.25) is 0 Å². The zero-order valence-corrected chi connectivity index (χ0v) is 15.6. The van der Waals surface area contributed by atoms with E-state index >= 15 is 0 Å². The van der Waals surface area contributed by atoms with Crippen LogP contribution in [0, 0.1) is 6.92 Å². The lowest BCUT2D eigenvalue weighted by molar-refractivity contribution is -0.122. The Balaban J connectivity index is 1.95. The van der Waals surface area contributed by atoms with Gasteiger partial charge in [0.1, 0.15) is 0 Å². The molecule has 1 N–H and O–H groups in total. The van der Waals surface area contributed by atoms with Crippen LogP contribution < -0.4 is 10.2 Å². The van der Waals surface area contributed by atoms with Crippen LogP contribution in [0.1, 0.15) is 18.1 Å². The molecule has 1 fully saturated rings. The predicted molar refractivity (Wildman–Crippen MR) is 100 cm³/mol. The second-order valence-corrected chi connectivity index (χ2v) is 8.40. The summed E-state index contributed by atoms with van der Waals surface area (Å²) < 4.78 is 0.916. The Hall–Kier alpha value is -1.79. The molecule has 0 aliphatic carbocycles. The number of fused-ring (bicyclic) bond motifs is 2. The van der Waals surface area contributed by atoms with Gasteiger partial charge in [-0.15, -0.1) is 11.8 Å². The molecule has 2 aliphatic heterocycles. The van der Waals surface area contributed by atoms with E-state index in [1.165, 1.54) is 11.8 Å². The van der Waals surface area contributed by atoms with E-state index in [4.69, 9.17) is 0 Å². The van der Waals surface area contributed by atoms with Gasteiger partial charge in [0.2, 0.25) is 10.8 Å². The second-order valence-electron chi connectivity index (χ2n) is 6.01. The summed E-state index contributed by atoms with van der Waals surface area (Å²) in [6.07, 6.45) is 0. The van der Waals surface area contributed by atoms with Crippen LogP contribution in [0.3, 0.4) is 0 Å². The van der Waals surface area contributed by atoms with Gasteiger partial charge in [0.25, 0.3) is 5.91 Å². The van der Waals surface area contributed by atoms with E-state index in [1.807, 2.05) is 56.3 Å². The second kappa shape index (κ2) is 5.36. The molecule has 2 aromatic rings. The summed E-state index contributed by atoms with van der Waals surface area (Å²) in [5.41, 5.74) is 3.42. The highest BCUT2D eigenvalue weighted by atomic mass is 79.9. The molecule has 2 aromatic carbocycles. The van der Waals surface area contributed by atoms with Crippen molar-refractivity contribution in [3.63, 3.8) is 0 Å². The predicted octanol–water partition coefficient (Wildman–Crippen LogP) is 4.03. The molecule has 2 heterocycles. The zero-order chi connectivity index (χ0) is 17.1. The van der Waals surface area contributed by atoms with Crippen LogP contribution >= 0.6 is 27.7 Å². The molecule has 2 atom stereocenters. The maximum Gasteiger partial charge on any atom is 0.266 e. The molecule has 1 spiro atoms. The lowest BCUT2D eigenvalue weighted by Crippen LogP contribution is -2.47. The van der Waals surface area contributed by atoms with Crippen LogP contribution in [0.5, 0.6) is 0 Å². The number of carbonyl (C=O) groups is 2. The van der Waals surface area contributed by atoms with Crippen molar-refractivity contribution < 1.29 is 9.59 Å². The Kier molecular flexibility index (Phi) is 3.51. The molecule has 1 saturated heterocycles. The van der Waals surface area contributed by atoms with E-state index < -0.39 is 4.87 Å². The standard InChI is InChI=1S/C18H15BrN2O2S/c1-10-7-8-12(9-14(10)19)21-16(22)11(2)24-18(21)13-5-3-4-6-15(13)20-17(18)23/h3-9,11H,1-2H3,(H,20,23)/t11-,18+/m0/s1. The minimum Gasteiger partial charge on any atom is -0.323 e. The van der Waals surface area contributed by atoms with Crippen LogP contribution in [-0.4, -0.2) is 17.1 Å². The number of amides is 2. The van der Waals surface area contributed by atoms with E-state index in [0.717, 1.165) is 27.0 Å². The van der Waals surface area contributed by atoms with Crippen molar-refractivity contribution in [1.29, 1.82) is 0 Å². The number of nitrogens with one attached hydrogen (secondary N) is 1. The minimum absolute atomic E-state index is 0.0531. The fourth-order valence-corrected chi connectivity index (χ4v) is 5.13. The van der Waals surface area contributed by atoms with E-state index in [2.05, 4.69) is 21.2 Å². The van der Waals surface area contributed by atoms with Gasteiger partial charge in [0.05, 0.1) is 5.25 Å². The summed E-state index contributed by atoms with van der Waals surface area (Å²) in [4.78, 5) is 26.5. The first-order chi connectivity index (χ1) is 11.4. The molecule has 0 bridgehead atoms. The van der Waals surface area contributed by atoms with Gasteiger partial charge in [-0.1, -0.05) is 40.2 Å². The molecular weight excluding hydrogens is 388 g/mol. The molecule has 4 nitrogen and oxygen atoms in total. The molecule has 0 unspecified atom stereocenters. The van der Waals surface area contributed by atoms with Crippen molar-refractivity contribution in [2.45, 2.75) is 24.0 Å².